The van der Waals surface area contributed by atoms with Crippen LogP contribution in [0.4, 0.5) is 14.5 Å². The van der Waals surface area contributed by atoms with Crippen molar-refractivity contribution in [2.24, 2.45) is 0 Å². The molecule has 186 valence electrons. The number of rotatable bonds is 6. The van der Waals surface area contributed by atoms with Crippen molar-refractivity contribution in [3.63, 3.8) is 0 Å². The lowest BCUT2D eigenvalue weighted by Gasteiger charge is -2.20. The van der Waals surface area contributed by atoms with Gasteiger partial charge in [0.05, 0.1) is 33.1 Å². The Bertz CT molecular complexity index is 1530. The fourth-order valence-electron chi connectivity index (χ4n) is 3.86. The summed E-state index contributed by atoms with van der Waals surface area (Å²) >= 11 is 11.7. The zero-order chi connectivity index (χ0) is 26.2. The average molecular weight is 551 g/mol. The van der Waals surface area contributed by atoms with Crippen LogP contribution in [0, 0.1) is 11.6 Å². The van der Waals surface area contributed by atoms with Gasteiger partial charge >= 0.3 is 0 Å². The van der Waals surface area contributed by atoms with Crippen LogP contribution in [0.5, 0.6) is 0 Å². The molecule has 1 atom stereocenters. The minimum Gasteiger partial charge on any atom is -0.307 e. The molecule has 0 saturated heterocycles. The minimum atomic E-state index is -4.22. The van der Waals surface area contributed by atoms with Gasteiger partial charge in [-0.3, -0.25) is 9.59 Å². The molecular formula is C25H18Cl2F2N2O4S. The monoisotopic (exact) mass is 550 g/mol. The Labute approximate surface area is 216 Å². The fourth-order valence-corrected chi connectivity index (χ4v) is 5.20. The van der Waals surface area contributed by atoms with Crippen molar-refractivity contribution in [1.29, 1.82) is 0 Å². The first-order valence-corrected chi connectivity index (χ1v) is 12.8. The van der Waals surface area contributed by atoms with Crippen LogP contribution in [0.3, 0.4) is 0 Å². The van der Waals surface area contributed by atoms with E-state index in [-0.39, 0.29) is 27.4 Å². The summed E-state index contributed by atoms with van der Waals surface area (Å²) in [6, 6.07) is 12.1. The quantitative estimate of drug-likeness (QED) is 0.414. The molecule has 36 heavy (non-hydrogen) atoms. The van der Waals surface area contributed by atoms with E-state index in [9.17, 15) is 26.8 Å². The highest BCUT2D eigenvalue weighted by Crippen LogP contribution is 2.41. The highest BCUT2D eigenvalue weighted by molar-refractivity contribution is 7.90. The molecule has 0 fully saturated rings. The first kappa shape index (κ1) is 25.8. The summed E-state index contributed by atoms with van der Waals surface area (Å²) in [6.07, 6.45) is 2.40. The van der Waals surface area contributed by atoms with Gasteiger partial charge < -0.3 is 4.90 Å². The van der Waals surface area contributed by atoms with Gasteiger partial charge in [0.1, 0.15) is 0 Å². The molecule has 1 aliphatic rings. The first-order chi connectivity index (χ1) is 17.0. The first-order valence-electron chi connectivity index (χ1n) is 10.6. The third-order valence-electron chi connectivity index (χ3n) is 5.65. The summed E-state index contributed by atoms with van der Waals surface area (Å²) in [5.41, 5.74) is 2.03. The molecule has 0 aliphatic carbocycles. The van der Waals surface area contributed by atoms with Gasteiger partial charge in [-0.05, 0) is 60.0 Å². The minimum absolute atomic E-state index is 0.0160. The largest absolute Gasteiger partial charge is 0.307 e. The number of sulfonamides is 1. The Balaban J connectivity index is 1.60. The maximum Gasteiger partial charge on any atom is 0.264 e. The van der Waals surface area contributed by atoms with E-state index in [4.69, 9.17) is 23.2 Å². The van der Waals surface area contributed by atoms with Crippen molar-refractivity contribution < 1.29 is 26.8 Å². The second-order valence-corrected chi connectivity index (χ2v) is 10.6. The standard InChI is InChI=1S/C25H18Cl2F2N2O4S/c1-14-18-4-2-3-16(24(18)31(25(14)33)13-15-5-9-21(28)22(29)11-15)6-10-23(32)30-36(34,35)17-7-8-19(26)20(27)12-17/h2-12,14H,13H2,1H3,(H,30,32)/b10-6+. The molecule has 3 aromatic carbocycles. The number of para-hydroxylation sites is 1. The number of benzene rings is 3. The molecule has 1 unspecified atom stereocenters. The molecule has 0 aromatic heterocycles. The van der Waals surface area contributed by atoms with E-state index in [1.807, 2.05) is 4.72 Å². The third-order valence-corrected chi connectivity index (χ3v) is 7.73. The summed E-state index contributed by atoms with van der Waals surface area (Å²) in [7, 11) is -4.22. The van der Waals surface area contributed by atoms with Crippen LogP contribution < -0.4 is 9.62 Å². The SMILES string of the molecule is CC1C(=O)N(Cc2ccc(F)c(F)c2)c2c(/C=C/C(=O)NS(=O)(=O)c3ccc(Cl)c(Cl)c3)cccc21. The second-order valence-electron chi connectivity index (χ2n) is 8.06. The van der Waals surface area contributed by atoms with Gasteiger partial charge in [-0.25, -0.2) is 21.9 Å². The maximum absolute atomic E-state index is 13.7. The number of halogens is 4. The number of nitrogens with one attached hydrogen (secondary N) is 1. The number of carbonyl (C=O) groups excluding carboxylic acids is 2. The van der Waals surface area contributed by atoms with Gasteiger partial charge in [-0.15, -0.1) is 0 Å². The van der Waals surface area contributed by atoms with Crippen LogP contribution in [0.25, 0.3) is 6.08 Å². The Morgan fingerprint density at radius 3 is 2.50 bits per heavy atom. The van der Waals surface area contributed by atoms with Gasteiger partial charge in [0.2, 0.25) is 5.91 Å². The molecule has 2 amide bonds. The topological polar surface area (TPSA) is 83.6 Å². The van der Waals surface area contributed by atoms with Crippen molar-refractivity contribution >= 4 is 56.8 Å². The number of nitrogens with zero attached hydrogens (tertiary/aromatic N) is 1. The van der Waals surface area contributed by atoms with Crippen molar-refractivity contribution in [2.75, 3.05) is 4.90 Å². The lowest BCUT2D eigenvalue weighted by molar-refractivity contribution is -0.119. The molecule has 1 N–H and O–H groups in total. The van der Waals surface area contributed by atoms with Crippen LogP contribution in [-0.4, -0.2) is 20.2 Å². The van der Waals surface area contributed by atoms with Crippen molar-refractivity contribution in [3.8, 4) is 0 Å². The molecular weight excluding hydrogens is 533 g/mol. The van der Waals surface area contributed by atoms with E-state index in [0.29, 0.717) is 22.4 Å². The van der Waals surface area contributed by atoms with E-state index in [1.54, 1.807) is 25.1 Å². The number of hydrogen-bond donors (Lipinski definition) is 1. The van der Waals surface area contributed by atoms with E-state index in [1.165, 1.54) is 29.2 Å². The van der Waals surface area contributed by atoms with E-state index in [0.717, 1.165) is 24.3 Å². The fraction of sp³-hybridized carbons (Fsp3) is 0.120. The molecule has 0 saturated carbocycles. The summed E-state index contributed by atoms with van der Waals surface area (Å²) in [5, 5.41) is 0.179. The van der Waals surface area contributed by atoms with E-state index in [2.05, 4.69) is 0 Å². The summed E-state index contributed by atoms with van der Waals surface area (Å²) in [6.45, 7) is 1.70. The predicted molar refractivity (Wildman–Crippen MR) is 133 cm³/mol. The van der Waals surface area contributed by atoms with Gasteiger partial charge in [0, 0.05) is 6.08 Å². The molecule has 3 aromatic rings. The van der Waals surface area contributed by atoms with Crippen molar-refractivity contribution in [1.82, 2.24) is 4.72 Å². The average Bonchev–Trinajstić information content (AvgIpc) is 3.06. The highest BCUT2D eigenvalue weighted by Gasteiger charge is 2.35. The number of fused-ring (bicyclic) bond motifs is 1. The normalized spacial score (nSPS) is 15.4. The molecule has 0 bridgehead atoms. The summed E-state index contributed by atoms with van der Waals surface area (Å²) in [4.78, 5) is 26.6. The Hall–Kier alpha value is -3.27. The van der Waals surface area contributed by atoms with Crippen LogP contribution in [0.15, 0.2) is 65.6 Å². The smallest absolute Gasteiger partial charge is 0.264 e. The van der Waals surface area contributed by atoms with Gasteiger partial charge in [0.15, 0.2) is 11.6 Å². The molecule has 11 heteroatoms. The molecule has 4 rings (SSSR count). The Morgan fingerprint density at radius 1 is 1.06 bits per heavy atom. The molecule has 1 aliphatic heterocycles. The van der Waals surface area contributed by atoms with Crippen LogP contribution in [-0.2, 0) is 26.2 Å². The molecule has 0 radical (unpaired) electrons. The lowest BCUT2D eigenvalue weighted by Crippen LogP contribution is -2.29. The van der Waals surface area contributed by atoms with Crippen LogP contribution >= 0.6 is 23.2 Å². The van der Waals surface area contributed by atoms with Crippen LogP contribution in [0.2, 0.25) is 10.0 Å². The highest BCUT2D eigenvalue weighted by atomic mass is 35.5. The second kappa shape index (κ2) is 10.0. The molecule has 6 nitrogen and oxygen atoms in total. The lowest BCUT2D eigenvalue weighted by atomic mass is 10.00. The van der Waals surface area contributed by atoms with Crippen molar-refractivity contribution in [3.05, 3.63) is 99.0 Å². The van der Waals surface area contributed by atoms with Gasteiger partial charge in [0.25, 0.3) is 15.9 Å². The molecule has 0 spiro atoms. The van der Waals surface area contributed by atoms with E-state index < -0.39 is 33.5 Å². The third kappa shape index (κ3) is 5.13. The van der Waals surface area contributed by atoms with Crippen LogP contribution in [0.1, 0.15) is 29.5 Å². The van der Waals surface area contributed by atoms with Crippen molar-refractivity contribution in [2.45, 2.75) is 24.3 Å². The van der Waals surface area contributed by atoms with E-state index >= 15 is 0 Å². The predicted octanol–water partition coefficient (Wildman–Crippen LogP) is 5.44. The number of hydrogen-bond acceptors (Lipinski definition) is 4. The zero-order valence-corrected chi connectivity index (χ0v) is 21.0. The zero-order valence-electron chi connectivity index (χ0n) is 18.6. The van der Waals surface area contributed by atoms with Gasteiger partial charge in [-0.2, -0.15) is 0 Å². The summed E-state index contributed by atoms with van der Waals surface area (Å²) < 4.78 is 54.0. The Morgan fingerprint density at radius 2 is 1.81 bits per heavy atom. The summed E-state index contributed by atoms with van der Waals surface area (Å²) in [5.74, 6) is -3.70. The number of anilines is 1. The molecule has 1 heterocycles. The van der Waals surface area contributed by atoms with Gasteiger partial charge in [-0.1, -0.05) is 47.5 Å². The number of carbonyl (C=O) groups is 2. The number of amides is 2. The Kier molecular flexibility index (Phi) is 7.17. The maximum atomic E-state index is 13.7.